The first-order valence-electron chi connectivity index (χ1n) is 5.75. The summed E-state index contributed by atoms with van der Waals surface area (Å²) < 4.78 is 0. The van der Waals surface area contributed by atoms with Crippen molar-refractivity contribution in [2.24, 2.45) is 11.3 Å². The number of hydrogen-bond acceptors (Lipinski definition) is 4. The third-order valence-corrected chi connectivity index (χ3v) is 3.29. The summed E-state index contributed by atoms with van der Waals surface area (Å²) in [5, 5.41) is 14.2. The monoisotopic (exact) mass is 271 g/mol. The molecule has 1 aromatic rings. The van der Waals surface area contributed by atoms with E-state index in [9.17, 15) is 10.1 Å². The number of rotatable bonds is 4. The van der Waals surface area contributed by atoms with Crippen LogP contribution >= 0.6 is 11.6 Å². The van der Waals surface area contributed by atoms with Gasteiger partial charge < -0.3 is 5.32 Å². The number of anilines is 1. The molecule has 1 unspecified atom stereocenters. The summed E-state index contributed by atoms with van der Waals surface area (Å²) in [7, 11) is 0. The molecule has 0 saturated carbocycles. The fourth-order valence-corrected chi connectivity index (χ4v) is 1.41. The molecule has 0 aromatic carbocycles. The molecule has 0 spiro atoms. The van der Waals surface area contributed by atoms with Crippen LogP contribution in [0.4, 0.5) is 11.5 Å². The lowest BCUT2D eigenvalue weighted by Gasteiger charge is -2.27. The molecule has 18 heavy (non-hydrogen) atoms. The fraction of sp³-hybridized carbons (Fsp3) is 0.583. The summed E-state index contributed by atoms with van der Waals surface area (Å²) in [5.41, 5.74) is 0.0393. The highest BCUT2D eigenvalue weighted by molar-refractivity contribution is 6.30. The fourth-order valence-electron chi connectivity index (χ4n) is 1.26. The summed E-state index contributed by atoms with van der Waals surface area (Å²) in [6.07, 6.45) is 1.40. The van der Waals surface area contributed by atoms with Crippen LogP contribution in [0.2, 0.25) is 5.02 Å². The van der Waals surface area contributed by atoms with Crippen LogP contribution < -0.4 is 5.32 Å². The predicted molar refractivity (Wildman–Crippen MR) is 73.0 cm³/mol. The van der Waals surface area contributed by atoms with E-state index in [0.29, 0.717) is 12.5 Å². The van der Waals surface area contributed by atoms with Gasteiger partial charge in [0, 0.05) is 18.8 Å². The van der Waals surface area contributed by atoms with Crippen molar-refractivity contribution in [2.75, 3.05) is 11.9 Å². The van der Waals surface area contributed by atoms with Gasteiger partial charge in [0.05, 0.1) is 9.95 Å². The second-order valence-corrected chi connectivity index (χ2v) is 5.86. The number of pyridine rings is 1. The normalized spacial score (nSPS) is 13.2. The van der Waals surface area contributed by atoms with Gasteiger partial charge in [-0.3, -0.25) is 10.1 Å². The minimum Gasteiger partial charge on any atom is -0.364 e. The molecule has 0 fully saturated rings. The van der Waals surface area contributed by atoms with Crippen LogP contribution in [0.3, 0.4) is 0 Å². The lowest BCUT2D eigenvalue weighted by Crippen LogP contribution is -2.25. The molecule has 1 N–H and O–H groups in total. The van der Waals surface area contributed by atoms with E-state index in [1.807, 2.05) is 0 Å². The molecule has 5 nitrogen and oxygen atoms in total. The maximum atomic E-state index is 10.9. The lowest BCUT2D eigenvalue weighted by molar-refractivity contribution is -0.384. The zero-order valence-electron chi connectivity index (χ0n) is 11.0. The number of nitro groups is 1. The number of nitrogens with zero attached hydrogens (tertiary/aromatic N) is 2. The zero-order valence-corrected chi connectivity index (χ0v) is 11.8. The van der Waals surface area contributed by atoms with Crippen LogP contribution in [0.5, 0.6) is 0 Å². The van der Waals surface area contributed by atoms with E-state index in [-0.39, 0.29) is 21.9 Å². The van der Waals surface area contributed by atoms with E-state index in [2.05, 4.69) is 38.0 Å². The van der Waals surface area contributed by atoms with E-state index in [1.165, 1.54) is 12.3 Å². The standard InChI is InChI=1S/C12H18ClN3O2/c1-8(12(2,3)4)6-14-11-10(16(17)18)5-9(13)7-15-11/h5,7-8H,6H2,1-4H3,(H,14,15). The third-order valence-electron chi connectivity index (χ3n) is 3.08. The predicted octanol–water partition coefficient (Wildman–Crippen LogP) is 3.74. The molecule has 0 amide bonds. The van der Waals surface area contributed by atoms with E-state index in [1.54, 1.807) is 0 Å². The van der Waals surface area contributed by atoms with Crippen molar-refractivity contribution < 1.29 is 4.92 Å². The highest BCUT2D eigenvalue weighted by atomic mass is 35.5. The second kappa shape index (κ2) is 5.52. The average Bonchev–Trinajstić information content (AvgIpc) is 2.25. The average molecular weight is 272 g/mol. The Kier molecular flexibility index (Phi) is 4.51. The van der Waals surface area contributed by atoms with Crippen molar-refractivity contribution in [3.8, 4) is 0 Å². The van der Waals surface area contributed by atoms with Crippen molar-refractivity contribution >= 4 is 23.1 Å². The Morgan fingerprint density at radius 1 is 1.56 bits per heavy atom. The second-order valence-electron chi connectivity index (χ2n) is 5.43. The van der Waals surface area contributed by atoms with Crippen molar-refractivity contribution in [2.45, 2.75) is 27.7 Å². The van der Waals surface area contributed by atoms with Gasteiger partial charge in [-0.2, -0.15) is 0 Å². The first-order chi connectivity index (χ1) is 8.21. The minimum atomic E-state index is -0.483. The molecule has 100 valence electrons. The van der Waals surface area contributed by atoms with Crippen LogP contribution in [0, 0.1) is 21.4 Å². The number of halogens is 1. The highest BCUT2D eigenvalue weighted by Gasteiger charge is 2.22. The molecule has 0 aliphatic rings. The zero-order chi connectivity index (χ0) is 13.9. The lowest BCUT2D eigenvalue weighted by atomic mass is 9.82. The molecule has 0 bridgehead atoms. The van der Waals surface area contributed by atoms with Crippen LogP contribution in [0.25, 0.3) is 0 Å². The number of aromatic nitrogens is 1. The van der Waals surface area contributed by atoms with Crippen molar-refractivity contribution in [3.63, 3.8) is 0 Å². The van der Waals surface area contributed by atoms with Gasteiger partial charge >= 0.3 is 5.69 Å². The highest BCUT2D eigenvalue weighted by Crippen LogP contribution is 2.28. The summed E-state index contributed by atoms with van der Waals surface area (Å²) in [4.78, 5) is 14.4. The summed E-state index contributed by atoms with van der Waals surface area (Å²) in [5.74, 6) is 0.620. The first kappa shape index (κ1) is 14.7. The molecule has 0 saturated heterocycles. The molecule has 0 aliphatic heterocycles. The van der Waals surface area contributed by atoms with Gasteiger partial charge in [-0.05, 0) is 11.3 Å². The molecule has 1 aromatic heterocycles. The van der Waals surface area contributed by atoms with Crippen LogP contribution in [0.1, 0.15) is 27.7 Å². The molecule has 0 radical (unpaired) electrons. The summed E-state index contributed by atoms with van der Waals surface area (Å²) in [6.45, 7) is 9.10. The molecule has 1 atom stereocenters. The van der Waals surface area contributed by atoms with E-state index < -0.39 is 4.92 Å². The molecule has 1 rings (SSSR count). The van der Waals surface area contributed by atoms with Gasteiger partial charge in [0.15, 0.2) is 0 Å². The Morgan fingerprint density at radius 3 is 2.67 bits per heavy atom. The Labute approximate surface area is 112 Å². The van der Waals surface area contributed by atoms with Crippen molar-refractivity contribution in [1.29, 1.82) is 0 Å². The molecule has 6 heteroatoms. The van der Waals surface area contributed by atoms with Crippen molar-refractivity contribution in [1.82, 2.24) is 4.98 Å². The van der Waals surface area contributed by atoms with Gasteiger partial charge in [-0.25, -0.2) is 4.98 Å². The van der Waals surface area contributed by atoms with Crippen molar-refractivity contribution in [3.05, 3.63) is 27.4 Å². The molecule has 1 heterocycles. The largest absolute Gasteiger partial charge is 0.364 e. The van der Waals surface area contributed by atoms with Crippen LogP contribution in [-0.2, 0) is 0 Å². The number of nitrogens with one attached hydrogen (secondary N) is 1. The van der Waals surface area contributed by atoms with Gasteiger partial charge in [0.2, 0.25) is 5.82 Å². The molecular formula is C12H18ClN3O2. The quantitative estimate of drug-likeness (QED) is 0.669. The van der Waals surface area contributed by atoms with Crippen LogP contribution in [-0.4, -0.2) is 16.5 Å². The van der Waals surface area contributed by atoms with Gasteiger partial charge in [-0.15, -0.1) is 0 Å². The minimum absolute atomic E-state index is 0.0939. The van der Waals surface area contributed by atoms with E-state index in [4.69, 9.17) is 11.6 Å². The van der Waals surface area contributed by atoms with Crippen LogP contribution in [0.15, 0.2) is 12.3 Å². The SMILES string of the molecule is CC(CNc1ncc(Cl)cc1[N+](=O)[O-])C(C)(C)C. The van der Waals surface area contributed by atoms with Gasteiger partial charge in [0.25, 0.3) is 0 Å². The van der Waals surface area contributed by atoms with E-state index in [0.717, 1.165) is 0 Å². The Hall–Kier alpha value is -1.36. The maximum absolute atomic E-state index is 10.9. The smallest absolute Gasteiger partial charge is 0.312 e. The summed E-state index contributed by atoms with van der Waals surface area (Å²) >= 11 is 5.70. The summed E-state index contributed by atoms with van der Waals surface area (Å²) in [6, 6.07) is 1.30. The third kappa shape index (κ3) is 3.84. The van der Waals surface area contributed by atoms with E-state index >= 15 is 0 Å². The Balaban J connectivity index is 2.82. The number of hydrogen-bond donors (Lipinski definition) is 1. The Bertz CT molecular complexity index is 443. The maximum Gasteiger partial charge on any atom is 0.312 e. The van der Waals surface area contributed by atoms with Gasteiger partial charge in [-0.1, -0.05) is 39.3 Å². The molecular weight excluding hydrogens is 254 g/mol. The Morgan fingerprint density at radius 2 is 2.17 bits per heavy atom. The van der Waals surface area contributed by atoms with Gasteiger partial charge in [0.1, 0.15) is 0 Å². The first-order valence-corrected chi connectivity index (χ1v) is 6.13. The topological polar surface area (TPSA) is 68.1 Å². The molecule has 0 aliphatic carbocycles.